The predicted molar refractivity (Wildman–Crippen MR) is 140 cm³/mol. The van der Waals surface area contributed by atoms with Crippen molar-refractivity contribution < 1.29 is 29.4 Å². The summed E-state index contributed by atoms with van der Waals surface area (Å²) in [6.07, 6.45) is 3.06. The second-order valence-electron chi connectivity index (χ2n) is 8.83. The monoisotopic (exact) mass is 564 g/mol. The van der Waals surface area contributed by atoms with Crippen LogP contribution in [-0.2, 0) is 36.5 Å². The average Bonchev–Trinajstić information content (AvgIpc) is 2.88. The lowest BCUT2D eigenvalue weighted by molar-refractivity contribution is 0.481. The van der Waals surface area contributed by atoms with Gasteiger partial charge in [-0.1, -0.05) is 67.8 Å². The Kier molecular flexibility index (Phi) is 7.93. The minimum Gasteiger partial charge on any atom is -0.380 e. The minimum atomic E-state index is -4.62. The highest BCUT2D eigenvalue weighted by molar-refractivity contribution is 7.94. The number of hydrogen-bond acceptors (Lipinski definition) is 8. The Morgan fingerprint density at radius 2 is 1.35 bits per heavy atom. The third-order valence-corrected chi connectivity index (χ3v) is 10.9. The summed E-state index contributed by atoms with van der Waals surface area (Å²) < 4.78 is 84.2. The zero-order chi connectivity index (χ0) is 26.7. The van der Waals surface area contributed by atoms with Crippen LogP contribution in [0.15, 0.2) is 87.5 Å². The number of benzene rings is 3. The molecule has 3 aromatic rings. The number of nitrogens with two attached hydrogens (primary N) is 1. The van der Waals surface area contributed by atoms with Crippen LogP contribution in [0.25, 0.3) is 0 Å². The van der Waals surface area contributed by atoms with Crippen molar-refractivity contribution in [3.05, 3.63) is 78.4 Å². The molecule has 9 nitrogen and oxygen atoms in total. The van der Waals surface area contributed by atoms with Gasteiger partial charge in [-0.2, -0.15) is 8.42 Å². The molecule has 37 heavy (non-hydrogen) atoms. The first-order valence-electron chi connectivity index (χ1n) is 11.7. The molecule has 1 aliphatic carbocycles. The van der Waals surface area contributed by atoms with Gasteiger partial charge in [-0.25, -0.2) is 22.0 Å². The molecule has 0 saturated heterocycles. The number of rotatable bonds is 9. The molecule has 4 rings (SSSR count). The van der Waals surface area contributed by atoms with Crippen LogP contribution < -0.4 is 14.6 Å². The summed E-state index contributed by atoms with van der Waals surface area (Å²) in [5, 5.41) is 7.59. The molecule has 0 unspecified atom stereocenters. The smallest absolute Gasteiger partial charge is 0.341 e. The number of sulfonamides is 1. The summed E-state index contributed by atoms with van der Waals surface area (Å²) in [5.41, 5.74) is 0.684. The van der Waals surface area contributed by atoms with Gasteiger partial charge in [0.15, 0.2) is 9.84 Å². The van der Waals surface area contributed by atoms with E-state index < -0.39 is 49.9 Å². The third-order valence-electron chi connectivity index (χ3n) is 6.19. The van der Waals surface area contributed by atoms with Crippen LogP contribution in [0.2, 0.25) is 0 Å². The summed E-state index contributed by atoms with van der Waals surface area (Å²) in [4.78, 5) is -1.84. The number of primary sulfonamides is 1. The first kappa shape index (κ1) is 27.1. The van der Waals surface area contributed by atoms with Gasteiger partial charge in [-0.15, -0.1) is 0 Å². The van der Waals surface area contributed by atoms with Crippen molar-refractivity contribution in [3.63, 3.8) is 0 Å². The largest absolute Gasteiger partial charge is 0.380 e. The Hall–Kier alpha value is -2.93. The highest BCUT2D eigenvalue weighted by atomic mass is 32.2. The maximum absolute atomic E-state index is 13.6. The number of hydrogen-bond donors (Lipinski definition) is 2. The average molecular weight is 565 g/mol. The molecule has 3 aromatic carbocycles. The van der Waals surface area contributed by atoms with Crippen molar-refractivity contribution in [2.24, 2.45) is 5.14 Å². The van der Waals surface area contributed by atoms with Crippen molar-refractivity contribution in [3.8, 4) is 5.75 Å². The summed E-state index contributed by atoms with van der Waals surface area (Å²) in [7, 11) is -13.4. The van der Waals surface area contributed by atoms with Gasteiger partial charge in [0.1, 0.15) is 15.5 Å². The van der Waals surface area contributed by atoms with Gasteiger partial charge in [-0.3, -0.25) is 0 Å². The molecule has 1 saturated carbocycles. The molecule has 0 aromatic heterocycles. The molecule has 3 N–H and O–H groups in total. The van der Waals surface area contributed by atoms with Gasteiger partial charge in [0, 0.05) is 6.54 Å². The first-order valence-corrected chi connectivity index (χ1v) is 16.2. The quantitative estimate of drug-likeness (QED) is 0.373. The second kappa shape index (κ2) is 10.8. The zero-order valence-corrected chi connectivity index (χ0v) is 22.4. The lowest BCUT2D eigenvalue weighted by Gasteiger charge is -2.24. The molecule has 12 heteroatoms. The van der Waals surface area contributed by atoms with Crippen molar-refractivity contribution >= 4 is 35.7 Å². The number of nitrogens with one attached hydrogen (secondary N) is 1. The van der Waals surface area contributed by atoms with E-state index in [0.717, 1.165) is 24.1 Å². The van der Waals surface area contributed by atoms with Gasteiger partial charge < -0.3 is 9.50 Å². The van der Waals surface area contributed by atoms with Crippen LogP contribution >= 0.6 is 0 Å². The molecule has 1 aliphatic rings. The standard InChI is InChI=1S/C25H28N2O7S3/c26-36(30,31)25-17-23(37(32,33)34-20-12-6-2-7-13-20)22(27-18-19-10-4-1-5-11-19)16-24(25)35(28,29)21-14-8-3-9-15-21/h1-2,4-7,10-13,16-17,21,27H,3,8-9,14-15,18H2,(H2,26,30,31). The molecular weight excluding hydrogens is 536 g/mol. The summed E-state index contributed by atoms with van der Waals surface area (Å²) in [5.74, 6) is 0.00701. The number of para-hydroxylation sites is 1. The Bertz CT molecular complexity index is 1570. The van der Waals surface area contributed by atoms with Crippen molar-refractivity contribution in [1.29, 1.82) is 0 Å². The fraction of sp³-hybridized carbons (Fsp3) is 0.280. The van der Waals surface area contributed by atoms with E-state index in [4.69, 9.17) is 9.32 Å². The lowest BCUT2D eigenvalue weighted by atomic mass is 10.0. The number of anilines is 1. The van der Waals surface area contributed by atoms with Crippen molar-refractivity contribution in [2.75, 3.05) is 5.32 Å². The van der Waals surface area contributed by atoms with Gasteiger partial charge in [0.25, 0.3) is 0 Å². The topological polar surface area (TPSA) is 150 Å². The van der Waals surface area contributed by atoms with Crippen LogP contribution in [0.5, 0.6) is 5.75 Å². The maximum atomic E-state index is 13.6. The van der Waals surface area contributed by atoms with E-state index in [1.807, 2.05) is 6.07 Å². The molecule has 0 spiro atoms. The molecule has 0 heterocycles. The van der Waals surface area contributed by atoms with E-state index in [1.165, 1.54) is 12.1 Å². The maximum Gasteiger partial charge on any atom is 0.341 e. The zero-order valence-electron chi connectivity index (χ0n) is 19.9. The Morgan fingerprint density at radius 1 is 0.757 bits per heavy atom. The predicted octanol–water partition coefficient (Wildman–Crippen LogP) is 3.82. The number of sulfone groups is 1. The van der Waals surface area contributed by atoms with Crippen LogP contribution in [-0.4, -0.2) is 30.5 Å². The Morgan fingerprint density at radius 3 is 1.95 bits per heavy atom. The highest BCUT2D eigenvalue weighted by Gasteiger charge is 2.36. The molecule has 0 amide bonds. The van der Waals surface area contributed by atoms with Crippen LogP contribution in [0, 0.1) is 0 Å². The van der Waals surface area contributed by atoms with Crippen LogP contribution in [0.1, 0.15) is 37.7 Å². The van der Waals surface area contributed by atoms with E-state index in [-0.39, 0.29) is 18.0 Å². The molecule has 0 aliphatic heterocycles. The van der Waals surface area contributed by atoms with Gasteiger partial charge >= 0.3 is 10.1 Å². The van der Waals surface area contributed by atoms with Crippen molar-refractivity contribution in [2.45, 2.75) is 58.6 Å². The summed E-state index contributed by atoms with van der Waals surface area (Å²) >= 11 is 0. The first-order chi connectivity index (χ1) is 17.5. The van der Waals surface area contributed by atoms with E-state index in [1.54, 1.807) is 42.5 Å². The van der Waals surface area contributed by atoms with E-state index in [9.17, 15) is 25.3 Å². The normalized spacial score (nSPS) is 15.3. The SMILES string of the molecule is NS(=O)(=O)c1cc(S(=O)(=O)Oc2ccccc2)c(NCc2ccccc2)cc1S(=O)(=O)C1CCCCC1. The summed E-state index contributed by atoms with van der Waals surface area (Å²) in [6.45, 7) is 0.145. The molecule has 0 radical (unpaired) electrons. The molecule has 198 valence electrons. The summed E-state index contributed by atoms with van der Waals surface area (Å²) in [6, 6.07) is 18.6. The highest BCUT2D eigenvalue weighted by Crippen LogP contribution is 2.37. The fourth-order valence-corrected chi connectivity index (χ4v) is 8.77. The fourth-order valence-electron chi connectivity index (χ4n) is 4.33. The van der Waals surface area contributed by atoms with Crippen LogP contribution in [0.4, 0.5) is 5.69 Å². The Labute approximate surface area is 217 Å². The molecular formula is C25H28N2O7S3. The van der Waals surface area contributed by atoms with Gasteiger partial charge in [0.05, 0.1) is 15.8 Å². The van der Waals surface area contributed by atoms with Crippen molar-refractivity contribution in [1.82, 2.24) is 0 Å². The molecule has 1 fully saturated rings. The van der Waals surface area contributed by atoms with E-state index >= 15 is 0 Å². The Balaban J connectivity index is 1.89. The second-order valence-corrected chi connectivity index (χ2v) is 14.1. The van der Waals surface area contributed by atoms with E-state index in [0.29, 0.717) is 25.7 Å². The van der Waals surface area contributed by atoms with Gasteiger partial charge in [0.2, 0.25) is 10.0 Å². The molecule has 0 atom stereocenters. The third kappa shape index (κ3) is 6.32. The lowest BCUT2D eigenvalue weighted by Crippen LogP contribution is -2.27. The molecule has 0 bridgehead atoms. The van der Waals surface area contributed by atoms with Crippen LogP contribution in [0.3, 0.4) is 0 Å². The van der Waals surface area contributed by atoms with Gasteiger partial charge in [-0.05, 0) is 42.7 Å². The minimum absolute atomic E-state index is 0.00701. The van der Waals surface area contributed by atoms with E-state index in [2.05, 4.69) is 5.32 Å².